The van der Waals surface area contributed by atoms with E-state index in [-0.39, 0.29) is 0 Å². The van der Waals surface area contributed by atoms with Crippen molar-refractivity contribution in [3.05, 3.63) is 170 Å². The largest absolute Gasteiger partial charge is 0.456 e. The van der Waals surface area contributed by atoms with Crippen LogP contribution in [0.3, 0.4) is 0 Å². The molecule has 0 atom stereocenters. The molecule has 4 aromatic heterocycles. The summed E-state index contributed by atoms with van der Waals surface area (Å²) < 4.78 is 25.2. The monoisotopic (exact) mass is 708 g/mol. The molecule has 55 heavy (non-hydrogen) atoms. The number of aromatic nitrogens is 1. The molecular weight excluding hydrogens is 681 g/mol. The number of para-hydroxylation sites is 2. The van der Waals surface area contributed by atoms with Gasteiger partial charge in [0.2, 0.25) is 5.89 Å². The van der Waals surface area contributed by atoms with E-state index < -0.39 is 0 Å². The molecule has 4 heterocycles. The molecular formula is C49H28N2O4. The summed E-state index contributed by atoms with van der Waals surface area (Å²) in [7, 11) is 0. The molecule has 0 saturated carbocycles. The van der Waals surface area contributed by atoms with Crippen molar-refractivity contribution in [2.75, 3.05) is 4.90 Å². The molecule has 0 amide bonds. The first-order valence-electron chi connectivity index (χ1n) is 18.3. The van der Waals surface area contributed by atoms with Gasteiger partial charge in [-0.3, -0.25) is 0 Å². The van der Waals surface area contributed by atoms with E-state index >= 15 is 0 Å². The maximum atomic E-state index is 6.35. The van der Waals surface area contributed by atoms with E-state index in [0.717, 1.165) is 111 Å². The fraction of sp³-hybridized carbons (Fsp3) is 0. The second-order valence-electron chi connectivity index (χ2n) is 13.9. The van der Waals surface area contributed by atoms with Crippen LogP contribution in [0.5, 0.6) is 0 Å². The lowest BCUT2D eigenvalue weighted by molar-refractivity contribution is 0.619. The molecule has 12 rings (SSSR count). The number of oxazole rings is 1. The van der Waals surface area contributed by atoms with Crippen LogP contribution in [0.25, 0.3) is 99.5 Å². The van der Waals surface area contributed by atoms with Crippen LogP contribution in [0, 0.1) is 0 Å². The number of anilines is 3. The molecule has 0 aliphatic heterocycles. The number of hydrogen-bond donors (Lipinski definition) is 0. The van der Waals surface area contributed by atoms with E-state index in [1.54, 1.807) is 0 Å². The van der Waals surface area contributed by atoms with Gasteiger partial charge in [-0.25, -0.2) is 4.98 Å². The average molecular weight is 709 g/mol. The number of nitrogens with zero attached hydrogens (tertiary/aromatic N) is 2. The predicted octanol–water partition coefficient (Wildman–Crippen LogP) is 14.3. The van der Waals surface area contributed by atoms with Crippen LogP contribution in [-0.4, -0.2) is 4.98 Å². The van der Waals surface area contributed by atoms with Crippen LogP contribution in [-0.2, 0) is 0 Å². The third kappa shape index (κ3) is 4.65. The standard InChI is InChI=1S/C49H28N2O4/c1-2-8-30(9-3-1)49-50-48-44(55-49)25-24-43-47(48)39-26-31(16-23-42(39)52-43)29-14-17-32(18-15-29)51(33-19-21-37-35-10-4-6-12-40(35)53-45(37)27-33)34-20-22-38-36-11-5-7-13-41(36)54-46(38)28-34/h1-28H. The van der Waals surface area contributed by atoms with E-state index in [9.17, 15) is 0 Å². The Balaban J connectivity index is 0.979. The molecule has 6 heteroatoms. The maximum absolute atomic E-state index is 6.35. The van der Waals surface area contributed by atoms with E-state index in [0.29, 0.717) is 5.89 Å². The molecule has 6 nitrogen and oxygen atoms in total. The van der Waals surface area contributed by atoms with Gasteiger partial charge in [-0.2, -0.15) is 0 Å². The summed E-state index contributed by atoms with van der Waals surface area (Å²) in [6.07, 6.45) is 0. The topological polar surface area (TPSA) is 68.7 Å². The van der Waals surface area contributed by atoms with E-state index in [2.05, 4.69) is 89.8 Å². The Morgan fingerprint density at radius 3 is 1.55 bits per heavy atom. The zero-order valence-electron chi connectivity index (χ0n) is 29.2. The van der Waals surface area contributed by atoms with Crippen LogP contribution in [0.15, 0.2) is 188 Å². The van der Waals surface area contributed by atoms with Crippen LogP contribution >= 0.6 is 0 Å². The number of benzene rings is 8. The molecule has 0 N–H and O–H groups in total. The Morgan fingerprint density at radius 2 is 0.855 bits per heavy atom. The molecule has 0 saturated heterocycles. The highest BCUT2D eigenvalue weighted by Crippen LogP contribution is 2.42. The van der Waals surface area contributed by atoms with Gasteiger partial charge < -0.3 is 22.6 Å². The first-order chi connectivity index (χ1) is 27.2. The summed E-state index contributed by atoms with van der Waals surface area (Å²) in [4.78, 5) is 7.19. The van der Waals surface area contributed by atoms with E-state index in [4.69, 9.17) is 22.7 Å². The van der Waals surface area contributed by atoms with Crippen molar-refractivity contribution in [2.24, 2.45) is 0 Å². The highest BCUT2D eigenvalue weighted by atomic mass is 16.4. The number of rotatable bonds is 5. The summed E-state index contributed by atoms with van der Waals surface area (Å²) >= 11 is 0. The Labute approximate surface area is 313 Å². The maximum Gasteiger partial charge on any atom is 0.227 e. The summed E-state index contributed by atoms with van der Waals surface area (Å²) in [5.41, 5.74) is 12.6. The zero-order chi connectivity index (χ0) is 36.0. The lowest BCUT2D eigenvalue weighted by Gasteiger charge is -2.25. The minimum absolute atomic E-state index is 0.590. The summed E-state index contributed by atoms with van der Waals surface area (Å²) in [6.45, 7) is 0. The highest BCUT2D eigenvalue weighted by molar-refractivity contribution is 6.17. The van der Waals surface area contributed by atoms with Crippen molar-refractivity contribution in [3.8, 4) is 22.6 Å². The molecule has 0 aliphatic carbocycles. The number of fused-ring (bicyclic) bond motifs is 11. The first-order valence-corrected chi connectivity index (χ1v) is 18.3. The quantitative estimate of drug-likeness (QED) is 0.177. The molecule has 0 unspecified atom stereocenters. The van der Waals surface area contributed by atoms with Crippen LogP contribution in [0.1, 0.15) is 0 Å². The lowest BCUT2D eigenvalue weighted by atomic mass is 10.0. The predicted molar refractivity (Wildman–Crippen MR) is 221 cm³/mol. The zero-order valence-corrected chi connectivity index (χ0v) is 29.2. The average Bonchev–Trinajstić information content (AvgIpc) is 4.02. The summed E-state index contributed by atoms with van der Waals surface area (Å²) in [5.74, 6) is 0.590. The van der Waals surface area contributed by atoms with Gasteiger partial charge in [0.05, 0.1) is 5.39 Å². The first kappa shape index (κ1) is 29.9. The molecule has 0 aliphatic rings. The minimum Gasteiger partial charge on any atom is -0.456 e. The van der Waals surface area contributed by atoms with Crippen molar-refractivity contribution in [1.29, 1.82) is 0 Å². The SMILES string of the molecule is c1ccc(-c2nc3c(ccc4oc5ccc(-c6ccc(N(c7ccc8c(c7)oc7ccccc78)c7ccc8c(c7)oc7ccccc78)cc6)cc5c43)o2)cc1. The van der Waals surface area contributed by atoms with E-state index in [1.165, 1.54) is 0 Å². The molecule has 0 fully saturated rings. The second kappa shape index (κ2) is 11.5. The Bertz CT molecular complexity index is 3330. The van der Waals surface area contributed by atoms with Gasteiger partial charge in [0.25, 0.3) is 0 Å². The fourth-order valence-electron chi connectivity index (χ4n) is 8.09. The highest BCUT2D eigenvalue weighted by Gasteiger charge is 2.20. The number of hydrogen-bond acceptors (Lipinski definition) is 6. The Kier molecular flexibility index (Phi) is 6.24. The Morgan fingerprint density at radius 1 is 0.327 bits per heavy atom. The molecule has 8 aromatic carbocycles. The van der Waals surface area contributed by atoms with Gasteiger partial charge >= 0.3 is 0 Å². The lowest BCUT2D eigenvalue weighted by Crippen LogP contribution is -2.09. The fourth-order valence-corrected chi connectivity index (χ4v) is 8.09. The Hall–Kier alpha value is -7.57. The number of furan rings is 3. The van der Waals surface area contributed by atoms with Gasteiger partial charge in [0.1, 0.15) is 39.0 Å². The second-order valence-corrected chi connectivity index (χ2v) is 13.9. The smallest absolute Gasteiger partial charge is 0.227 e. The third-order valence-electron chi connectivity index (χ3n) is 10.7. The van der Waals surface area contributed by atoms with Crippen LogP contribution in [0.2, 0.25) is 0 Å². The van der Waals surface area contributed by atoms with Gasteiger partial charge in [0.15, 0.2) is 5.58 Å². The van der Waals surface area contributed by atoms with Crippen LogP contribution < -0.4 is 4.90 Å². The molecule has 258 valence electrons. The van der Waals surface area contributed by atoms with Crippen molar-refractivity contribution >= 4 is 94.0 Å². The molecule has 12 aromatic rings. The van der Waals surface area contributed by atoms with Gasteiger partial charge in [-0.15, -0.1) is 0 Å². The van der Waals surface area contributed by atoms with Gasteiger partial charge in [0, 0.05) is 61.7 Å². The minimum atomic E-state index is 0.590. The van der Waals surface area contributed by atoms with Gasteiger partial charge in [-0.05, 0) is 96.1 Å². The molecule has 0 spiro atoms. The summed E-state index contributed by atoms with van der Waals surface area (Å²) in [5, 5.41) is 6.33. The third-order valence-corrected chi connectivity index (χ3v) is 10.7. The molecule has 0 radical (unpaired) electrons. The van der Waals surface area contributed by atoms with Gasteiger partial charge in [-0.1, -0.05) is 72.8 Å². The van der Waals surface area contributed by atoms with Crippen molar-refractivity contribution in [1.82, 2.24) is 4.98 Å². The molecule has 0 bridgehead atoms. The van der Waals surface area contributed by atoms with Crippen molar-refractivity contribution < 1.29 is 17.7 Å². The van der Waals surface area contributed by atoms with Crippen molar-refractivity contribution in [2.45, 2.75) is 0 Å². The van der Waals surface area contributed by atoms with E-state index in [1.807, 2.05) is 84.9 Å². The van der Waals surface area contributed by atoms with Crippen molar-refractivity contribution in [3.63, 3.8) is 0 Å². The summed E-state index contributed by atoms with van der Waals surface area (Å²) in [6, 6.07) is 58.1. The van der Waals surface area contributed by atoms with Crippen LogP contribution in [0.4, 0.5) is 17.1 Å². The normalized spacial score (nSPS) is 12.0.